The molecule has 2 heterocycles. The minimum Gasteiger partial charge on any atom is -0.491 e. The van der Waals surface area contributed by atoms with Crippen molar-refractivity contribution in [1.29, 1.82) is 0 Å². The maximum atomic E-state index is 14.0. The number of amides is 1. The summed E-state index contributed by atoms with van der Waals surface area (Å²) in [5.74, 6) is -2.36. The number of rotatable bonds is 10. The summed E-state index contributed by atoms with van der Waals surface area (Å²) in [6, 6.07) is 6.06. The molecule has 0 bridgehead atoms. The van der Waals surface area contributed by atoms with E-state index in [2.05, 4.69) is 5.32 Å². The Morgan fingerprint density at radius 3 is 2.62 bits per heavy atom. The molecule has 3 aromatic rings. The first kappa shape index (κ1) is 26.9. The highest BCUT2D eigenvalue weighted by Gasteiger charge is 2.40. The third kappa shape index (κ3) is 6.06. The number of methoxy groups -OCH3 is 1. The van der Waals surface area contributed by atoms with Gasteiger partial charge in [0.2, 0.25) is 5.91 Å². The van der Waals surface area contributed by atoms with Crippen molar-refractivity contribution in [3.8, 4) is 5.75 Å². The number of benzene rings is 2. The largest absolute Gasteiger partial charge is 0.491 e. The first-order valence-electron chi connectivity index (χ1n) is 12.1. The van der Waals surface area contributed by atoms with Gasteiger partial charge in [-0.2, -0.15) is 0 Å². The molecule has 0 aliphatic carbocycles. The second-order valence-corrected chi connectivity index (χ2v) is 9.25. The maximum absolute atomic E-state index is 14.0. The fourth-order valence-corrected chi connectivity index (χ4v) is 4.70. The molecule has 2 aromatic carbocycles. The van der Waals surface area contributed by atoms with E-state index in [0.717, 1.165) is 17.1 Å². The van der Waals surface area contributed by atoms with E-state index in [4.69, 9.17) is 24.9 Å². The lowest BCUT2D eigenvalue weighted by atomic mass is 9.88. The van der Waals surface area contributed by atoms with Crippen LogP contribution in [0.4, 0.5) is 13.2 Å². The first-order valence-corrected chi connectivity index (χ1v) is 12.1. The van der Waals surface area contributed by atoms with E-state index in [1.807, 2.05) is 29.8 Å². The minimum absolute atomic E-state index is 0.0844. The molecule has 8 nitrogen and oxygen atoms in total. The fraction of sp³-hybridized carbons (Fsp3) is 0.462. The summed E-state index contributed by atoms with van der Waals surface area (Å²) in [5, 5.41) is 3.10. The molecular formula is C26H31F3N4O4. The van der Waals surface area contributed by atoms with Gasteiger partial charge in [0.05, 0.1) is 17.6 Å². The van der Waals surface area contributed by atoms with Crippen LogP contribution in [0.25, 0.3) is 11.0 Å². The van der Waals surface area contributed by atoms with Crippen LogP contribution in [0.3, 0.4) is 0 Å². The Morgan fingerprint density at radius 2 is 1.89 bits per heavy atom. The van der Waals surface area contributed by atoms with Crippen LogP contribution < -0.4 is 15.8 Å². The van der Waals surface area contributed by atoms with Gasteiger partial charge in [-0.3, -0.25) is 4.79 Å². The average Bonchev–Trinajstić information content (AvgIpc) is 3.19. The van der Waals surface area contributed by atoms with Gasteiger partial charge < -0.3 is 29.8 Å². The number of carbonyl (C=O) groups excluding carboxylic acids is 1. The lowest BCUT2D eigenvalue weighted by Gasteiger charge is -2.37. The van der Waals surface area contributed by atoms with Gasteiger partial charge in [0.15, 0.2) is 11.6 Å². The Kier molecular flexibility index (Phi) is 8.35. The molecule has 1 saturated heterocycles. The molecule has 1 amide bonds. The van der Waals surface area contributed by atoms with Crippen molar-refractivity contribution in [2.75, 3.05) is 33.5 Å². The van der Waals surface area contributed by atoms with Crippen LogP contribution >= 0.6 is 0 Å². The summed E-state index contributed by atoms with van der Waals surface area (Å²) < 4.78 is 59.1. The van der Waals surface area contributed by atoms with E-state index in [9.17, 15) is 18.0 Å². The number of hydrogen-bond donors (Lipinski definition) is 2. The van der Waals surface area contributed by atoms with Gasteiger partial charge in [-0.05, 0) is 30.2 Å². The predicted octanol–water partition coefficient (Wildman–Crippen LogP) is 3.10. The summed E-state index contributed by atoms with van der Waals surface area (Å²) in [5.41, 5.74) is 6.81. The molecule has 1 atom stereocenters. The SMILES string of the molecule is COCCOc1ccc2c(c1)nc(C1(NC(=O)CC(N)Cc3cc(F)c(F)cc3F)CCOCC1)n2C. The van der Waals surface area contributed by atoms with Crippen LogP contribution in [-0.4, -0.2) is 55.0 Å². The van der Waals surface area contributed by atoms with Crippen molar-refractivity contribution in [3.63, 3.8) is 0 Å². The first-order chi connectivity index (χ1) is 17.7. The Labute approximate surface area is 212 Å². The lowest BCUT2D eigenvalue weighted by Crippen LogP contribution is -2.52. The van der Waals surface area contributed by atoms with Crippen molar-refractivity contribution in [2.24, 2.45) is 12.8 Å². The Bertz CT molecular complexity index is 1260. The van der Waals surface area contributed by atoms with Crippen molar-refractivity contribution in [2.45, 2.75) is 37.3 Å². The van der Waals surface area contributed by atoms with E-state index in [1.54, 1.807) is 7.11 Å². The number of ether oxygens (including phenoxy) is 3. The number of halogens is 3. The number of carbonyl (C=O) groups is 1. The Morgan fingerprint density at radius 1 is 1.16 bits per heavy atom. The van der Waals surface area contributed by atoms with Crippen LogP contribution in [0.5, 0.6) is 5.75 Å². The van der Waals surface area contributed by atoms with Crippen molar-refractivity contribution in [3.05, 3.63) is 59.2 Å². The maximum Gasteiger partial charge on any atom is 0.222 e. The molecule has 0 spiro atoms. The molecule has 1 aliphatic heterocycles. The number of hydrogen-bond acceptors (Lipinski definition) is 6. The summed E-state index contributed by atoms with van der Waals surface area (Å²) in [6.45, 7) is 1.74. The topological polar surface area (TPSA) is 101 Å². The van der Waals surface area contributed by atoms with E-state index >= 15 is 0 Å². The van der Waals surface area contributed by atoms with Gasteiger partial charge in [0, 0.05) is 64.8 Å². The molecular weight excluding hydrogens is 489 g/mol. The Balaban J connectivity index is 1.52. The smallest absolute Gasteiger partial charge is 0.222 e. The number of nitrogens with one attached hydrogen (secondary N) is 1. The molecule has 1 unspecified atom stereocenters. The number of imidazole rings is 1. The molecule has 37 heavy (non-hydrogen) atoms. The second kappa shape index (κ2) is 11.5. The van der Waals surface area contributed by atoms with Crippen LogP contribution in [0.15, 0.2) is 30.3 Å². The third-order valence-electron chi connectivity index (χ3n) is 6.58. The summed E-state index contributed by atoms with van der Waals surface area (Å²) in [7, 11) is 3.49. The number of nitrogens with zero attached hydrogens (tertiary/aromatic N) is 2. The zero-order valence-corrected chi connectivity index (χ0v) is 20.9. The van der Waals surface area contributed by atoms with Crippen LogP contribution in [-0.2, 0) is 33.3 Å². The highest BCUT2D eigenvalue weighted by atomic mass is 19.2. The Hall–Kier alpha value is -3.15. The zero-order valence-electron chi connectivity index (χ0n) is 20.9. The van der Waals surface area contributed by atoms with Crippen LogP contribution in [0.1, 0.15) is 30.7 Å². The minimum atomic E-state index is -1.27. The quantitative estimate of drug-likeness (QED) is 0.315. The number of fused-ring (bicyclic) bond motifs is 1. The van der Waals surface area contributed by atoms with Crippen LogP contribution in [0.2, 0.25) is 0 Å². The molecule has 11 heteroatoms. The molecule has 0 radical (unpaired) electrons. The van der Waals surface area contributed by atoms with Gasteiger partial charge in [0.25, 0.3) is 0 Å². The van der Waals surface area contributed by atoms with Gasteiger partial charge >= 0.3 is 0 Å². The van der Waals surface area contributed by atoms with E-state index in [-0.39, 0.29) is 24.3 Å². The predicted molar refractivity (Wildman–Crippen MR) is 131 cm³/mol. The highest BCUT2D eigenvalue weighted by molar-refractivity contribution is 5.80. The van der Waals surface area contributed by atoms with E-state index in [0.29, 0.717) is 56.9 Å². The number of aryl methyl sites for hydroxylation is 1. The number of nitrogens with two attached hydrogens (primary N) is 1. The molecule has 1 aliphatic rings. The second-order valence-electron chi connectivity index (χ2n) is 9.25. The standard InChI is InChI=1S/C26H31F3N4O4/c1-33-23-4-3-18(37-10-9-35-2)14-22(23)31-25(33)26(5-7-36-8-6-26)32-24(34)13-17(30)11-16-12-20(28)21(29)15-19(16)27/h3-4,12,14-15,17H,5-11,13,30H2,1-2H3,(H,32,34). The monoisotopic (exact) mass is 520 g/mol. The molecule has 0 saturated carbocycles. The van der Waals surface area contributed by atoms with E-state index in [1.165, 1.54) is 0 Å². The van der Waals surface area contributed by atoms with Gasteiger partial charge in [-0.1, -0.05) is 0 Å². The number of aromatic nitrogens is 2. The van der Waals surface area contributed by atoms with Crippen molar-refractivity contribution < 1.29 is 32.2 Å². The van der Waals surface area contributed by atoms with Crippen molar-refractivity contribution in [1.82, 2.24) is 14.9 Å². The normalized spacial score (nSPS) is 16.1. The molecule has 1 aromatic heterocycles. The summed E-state index contributed by atoms with van der Waals surface area (Å²) in [6.07, 6.45) is 0.744. The molecule has 3 N–H and O–H groups in total. The third-order valence-corrected chi connectivity index (χ3v) is 6.58. The lowest BCUT2D eigenvalue weighted by molar-refractivity contribution is -0.125. The molecule has 200 valence electrons. The van der Waals surface area contributed by atoms with Gasteiger partial charge in [0.1, 0.15) is 29.5 Å². The van der Waals surface area contributed by atoms with E-state index < -0.39 is 29.0 Å². The average molecular weight is 521 g/mol. The highest BCUT2D eigenvalue weighted by Crippen LogP contribution is 2.34. The summed E-state index contributed by atoms with van der Waals surface area (Å²) >= 11 is 0. The van der Waals surface area contributed by atoms with Gasteiger partial charge in [-0.25, -0.2) is 18.2 Å². The van der Waals surface area contributed by atoms with Gasteiger partial charge in [-0.15, -0.1) is 0 Å². The molecule has 4 rings (SSSR count). The van der Waals surface area contributed by atoms with Crippen molar-refractivity contribution >= 4 is 16.9 Å². The van der Waals surface area contributed by atoms with Crippen LogP contribution in [0, 0.1) is 17.5 Å². The fourth-order valence-electron chi connectivity index (χ4n) is 4.70. The molecule has 1 fully saturated rings. The summed E-state index contributed by atoms with van der Waals surface area (Å²) in [4.78, 5) is 17.9. The zero-order chi connectivity index (χ0) is 26.6.